The van der Waals surface area contributed by atoms with Crippen molar-refractivity contribution in [1.82, 2.24) is 15.1 Å². The Labute approximate surface area is 157 Å². The summed E-state index contributed by atoms with van der Waals surface area (Å²) in [5, 5.41) is 3.63. The van der Waals surface area contributed by atoms with Crippen molar-refractivity contribution in [2.24, 2.45) is 5.92 Å². The number of benzene rings is 1. The van der Waals surface area contributed by atoms with E-state index in [0.29, 0.717) is 33.6 Å². The fourth-order valence-corrected chi connectivity index (χ4v) is 3.67. The topological polar surface area (TPSA) is 52.7 Å². The molecule has 1 aromatic rings. The number of likely N-dealkylation sites (N-methyl/N-ethyl adjacent to an activating group) is 1. The molecule has 0 spiro atoms. The van der Waals surface area contributed by atoms with Crippen molar-refractivity contribution in [2.75, 3.05) is 13.6 Å². The standard InChI is InChI=1S/C18H21Cl2N3O2/c1-9(2)10(3)23-8-13-14(17(23)24)16(21-18(25)22(13)4)11-6-5-7-12(19)15(11)20/h5-7,9-10,16H,8H2,1-4H3,(H,21,25)/t10-,16+/m0/s1. The molecule has 1 aromatic carbocycles. The zero-order valence-corrected chi connectivity index (χ0v) is 16.1. The number of urea groups is 1. The molecular formula is C18H21Cl2N3O2. The van der Waals surface area contributed by atoms with Gasteiger partial charge in [0.15, 0.2) is 0 Å². The molecule has 0 aromatic heterocycles. The summed E-state index contributed by atoms with van der Waals surface area (Å²) in [6.07, 6.45) is 0. The Kier molecular flexibility index (Phi) is 4.73. The molecule has 134 valence electrons. The van der Waals surface area contributed by atoms with Gasteiger partial charge in [0.1, 0.15) is 0 Å². The molecule has 0 fully saturated rings. The molecule has 2 atom stereocenters. The molecule has 5 nitrogen and oxygen atoms in total. The maximum absolute atomic E-state index is 13.1. The summed E-state index contributed by atoms with van der Waals surface area (Å²) in [7, 11) is 1.68. The minimum absolute atomic E-state index is 0.0657. The average molecular weight is 382 g/mol. The second kappa shape index (κ2) is 6.54. The van der Waals surface area contributed by atoms with Crippen LogP contribution in [0.2, 0.25) is 10.0 Å². The van der Waals surface area contributed by atoms with Crippen LogP contribution in [0, 0.1) is 5.92 Å². The van der Waals surface area contributed by atoms with Crippen molar-refractivity contribution >= 4 is 35.1 Å². The smallest absolute Gasteiger partial charge is 0.322 e. The summed E-state index contributed by atoms with van der Waals surface area (Å²) in [5.41, 5.74) is 1.93. The highest BCUT2D eigenvalue weighted by molar-refractivity contribution is 6.42. The number of amides is 3. The van der Waals surface area contributed by atoms with E-state index in [2.05, 4.69) is 19.2 Å². The number of hydrogen-bond acceptors (Lipinski definition) is 2. The molecule has 2 aliphatic heterocycles. The van der Waals surface area contributed by atoms with Crippen molar-refractivity contribution in [3.05, 3.63) is 45.1 Å². The van der Waals surface area contributed by atoms with Crippen LogP contribution in [0.15, 0.2) is 29.5 Å². The van der Waals surface area contributed by atoms with Gasteiger partial charge in [-0.1, -0.05) is 49.2 Å². The molecule has 0 saturated heterocycles. The van der Waals surface area contributed by atoms with Crippen LogP contribution in [0.25, 0.3) is 0 Å². The van der Waals surface area contributed by atoms with Gasteiger partial charge in [0.25, 0.3) is 5.91 Å². The predicted molar refractivity (Wildman–Crippen MR) is 98.5 cm³/mol. The molecule has 0 bridgehead atoms. The predicted octanol–water partition coefficient (Wildman–Crippen LogP) is 3.83. The fraction of sp³-hybridized carbons (Fsp3) is 0.444. The average Bonchev–Trinajstić information content (AvgIpc) is 2.91. The Morgan fingerprint density at radius 1 is 1.20 bits per heavy atom. The Morgan fingerprint density at radius 2 is 1.88 bits per heavy atom. The van der Waals surface area contributed by atoms with E-state index in [4.69, 9.17) is 23.2 Å². The lowest BCUT2D eigenvalue weighted by Gasteiger charge is -2.31. The summed E-state index contributed by atoms with van der Waals surface area (Å²) in [4.78, 5) is 28.9. The van der Waals surface area contributed by atoms with E-state index >= 15 is 0 Å². The first-order chi connectivity index (χ1) is 11.7. The van der Waals surface area contributed by atoms with Crippen molar-refractivity contribution in [3.63, 3.8) is 0 Å². The zero-order valence-electron chi connectivity index (χ0n) is 14.6. The van der Waals surface area contributed by atoms with Gasteiger partial charge in [-0.3, -0.25) is 9.69 Å². The summed E-state index contributed by atoms with van der Waals surface area (Å²) in [5.74, 6) is 0.247. The van der Waals surface area contributed by atoms with Crippen LogP contribution in [0.1, 0.15) is 32.4 Å². The van der Waals surface area contributed by atoms with Crippen molar-refractivity contribution < 1.29 is 9.59 Å². The Hall–Kier alpha value is -1.72. The molecule has 7 heteroatoms. The molecule has 0 radical (unpaired) electrons. The van der Waals surface area contributed by atoms with Crippen LogP contribution >= 0.6 is 23.2 Å². The van der Waals surface area contributed by atoms with Crippen LogP contribution in [0.3, 0.4) is 0 Å². The summed E-state index contributed by atoms with van der Waals surface area (Å²) >= 11 is 12.5. The van der Waals surface area contributed by atoms with Gasteiger partial charge in [-0.05, 0) is 24.5 Å². The van der Waals surface area contributed by atoms with E-state index in [0.717, 1.165) is 5.70 Å². The van der Waals surface area contributed by atoms with E-state index in [9.17, 15) is 9.59 Å². The maximum atomic E-state index is 13.1. The highest BCUT2D eigenvalue weighted by atomic mass is 35.5. The van der Waals surface area contributed by atoms with Crippen LogP contribution in [0.5, 0.6) is 0 Å². The first-order valence-corrected chi connectivity index (χ1v) is 9.01. The summed E-state index contributed by atoms with van der Waals surface area (Å²) in [6, 6.07) is 4.45. The minimum Gasteiger partial charge on any atom is -0.330 e. The highest BCUT2D eigenvalue weighted by Gasteiger charge is 2.45. The van der Waals surface area contributed by atoms with Gasteiger partial charge in [0, 0.05) is 13.1 Å². The van der Waals surface area contributed by atoms with E-state index < -0.39 is 6.04 Å². The SMILES string of the molecule is CC(C)[C@H](C)N1CC2=C(C1=O)[C@@H](c1cccc(Cl)c1Cl)NC(=O)N2C. The molecule has 25 heavy (non-hydrogen) atoms. The second-order valence-corrected chi connectivity index (χ2v) is 7.65. The molecular weight excluding hydrogens is 361 g/mol. The third kappa shape index (κ3) is 2.89. The number of nitrogens with one attached hydrogen (secondary N) is 1. The quantitative estimate of drug-likeness (QED) is 0.864. The van der Waals surface area contributed by atoms with Crippen LogP contribution in [-0.2, 0) is 4.79 Å². The molecule has 0 unspecified atom stereocenters. The molecule has 0 aliphatic carbocycles. The van der Waals surface area contributed by atoms with E-state index in [1.54, 1.807) is 25.2 Å². The second-order valence-electron chi connectivity index (χ2n) is 6.86. The van der Waals surface area contributed by atoms with Crippen molar-refractivity contribution in [2.45, 2.75) is 32.9 Å². The lowest BCUT2D eigenvalue weighted by Crippen LogP contribution is -2.45. The third-order valence-electron chi connectivity index (χ3n) is 5.14. The minimum atomic E-state index is -0.596. The van der Waals surface area contributed by atoms with Crippen molar-refractivity contribution in [1.29, 1.82) is 0 Å². The molecule has 0 saturated carbocycles. The number of carbonyl (C=O) groups excluding carboxylic acids is 2. The highest BCUT2D eigenvalue weighted by Crippen LogP contribution is 2.40. The Balaban J connectivity index is 2.08. The normalized spacial score (nSPS) is 21.8. The van der Waals surface area contributed by atoms with Gasteiger partial charge in [0.05, 0.1) is 33.9 Å². The van der Waals surface area contributed by atoms with Crippen LogP contribution in [0.4, 0.5) is 4.79 Å². The number of halogens is 2. The summed E-state index contributed by atoms with van der Waals surface area (Å²) < 4.78 is 0. The van der Waals surface area contributed by atoms with Gasteiger partial charge in [0.2, 0.25) is 0 Å². The van der Waals surface area contributed by atoms with Gasteiger partial charge in [-0.25, -0.2) is 4.79 Å². The largest absolute Gasteiger partial charge is 0.330 e. The van der Waals surface area contributed by atoms with Gasteiger partial charge >= 0.3 is 6.03 Å². The first kappa shape index (κ1) is 18.1. The first-order valence-electron chi connectivity index (χ1n) is 8.26. The number of carbonyl (C=O) groups is 2. The number of rotatable bonds is 3. The van der Waals surface area contributed by atoms with Crippen molar-refractivity contribution in [3.8, 4) is 0 Å². The van der Waals surface area contributed by atoms with E-state index in [1.165, 1.54) is 4.90 Å². The Bertz CT molecular complexity index is 776. The fourth-order valence-electron chi connectivity index (χ4n) is 3.25. The third-order valence-corrected chi connectivity index (χ3v) is 5.97. The van der Waals surface area contributed by atoms with Gasteiger partial charge in [-0.2, -0.15) is 0 Å². The lowest BCUT2D eigenvalue weighted by atomic mass is 9.95. The van der Waals surface area contributed by atoms with Crippen LogP contribution in [-0.4, -0.2) is 41.4 Å². The Morgan fingerprint density at radius 3 is 2.52 bits per heavy atom. The molecule has 3 amide bonds. The molecule has 2 aliphatic rings. The lowest BCUT2D eigenvalue weighted by molar-refractivity contribution is -0.128. The van der Waals surface area contributed by atoms with Crippen LogP contribution < -0.4 is 5.32 Å². The number of nitrogens with zero attached hydrogens (tertiary/aromatic N) is 2. The number of hydrogen-bond donors (Lipinski definition) is 1. The molecule has 3 rings (SSSR count). The van der Waals surface area contributed by atoms with Gasteiger partial charge < -0.3 is 10.2 Å². The van der Waals surface area contributed by atoms with E-state index in [-0.39, 0.29) is 18.0 Å². The molecule has 1 N–H and O–H groups in total. The maximum Gasteiger partial charge on any atom is 0.322 e. The monoisotopic (exact) mass is 381 g/mol. The molecule has 2 heterocycles. The summed E-state index contributed by atoms with van der Waals surface area (Å²) in [6.45, 7) is 6.60. The van der Waals surface area contributed by atoms with E-state index in [1.807, 2.05) is 11.8 Å². The zero-order chi connectivity index (χ0) is 18.5. The van der Waals surface area contributed by atoms with Gasteiger partial charge in [-0.15, -0.1) is 0 Å².